The number of ether oxygens (including phenoxy) is 2. The fourth-order valence-electron chi connectivity index (χ4n) is 2.10. The maximum Gasteiger partial charge on any atom is 0.191 e. The van der Waals surface area contributed by atoms with E-state index in [1.165, 1.54) is 0 Å². The highest BCUT2D eigenvalue weighted by atomic mass is 127. The van der Waals surface area contributed by atoms with Crippen LogP contribution in [-0.2, 0) is 4.74 Å². The van der Waals surface area contributed by atoms with Crippen molar-refractivity contribution in [2.45, 2.75) is 20.0 Å². The van der Waals surface area contributed by atoms with Crippen LogP contribution in [0.2, 0.25) is 5.02 Å². The second-order valence-corrected chi connectivity index (χ2v) is 6.43. The monoisotopic (exact) mass is 453 g/mol. The van der Waals surface area contributed by atoms with E-state index in [9.17, 15) is 0 Å². The molecule has 1 unspecified atom stereocenters. The van der Waals surface area contributed by atoms with Crippen molar-refractivity contribution in [2.24, 2.45) is 10.4 Å². The molecule has 0 radical (unpaired) electrons. The molecule has 1 saturated heterocycles. The Labute approximate surface area is 160 Å². The summed E-state index contributed by atoms with van der Waals surface area (Å²) < 4.78 is 11.1. The molecule has 0 aromatic heterocycles. The number of nitrogens with one attached hydrogen (secondary N) is 2. The number of hydrogen-bond donors (Lipinski definition) is 2. The Hall–Kier alpha value is -0.730. The predicted molar refractivity (Wildman–Crippen MR) is 105 cm³/mol. The Kier molecular flexibility index (Phi) is 8.42. The maximum atomic E-state index is 5.86. The number of hydrogen-bond acceptors (Lipinski definition) is 3. The van der Waals surface area contributed by atoms with Crippen molar-refractivity contribution < 1.29 is 9.47 Å². The zero-order chi connectivity index (χ0) is 16.0. The van der Waals surface area contributed by atoms with Crippen LogP contribution in [0.5, 0.6) is 5.75 Å². The van der Waals surface area contributed by atoms with Gasteiger partial charge >= 0.3 is 0 Å². The summed E-state index contributed by atoms with van der Waals surface area (Å²) in [6.45, 7) is 7.31. The largest absolute Gasteiger partial charge is 0.489 e. The normalized spacial score (nSPS) is 17.5. The minimum atomic E-state index is 0. The molecule has 1 aromatic rings. The molecule has 130 valence electrons. The van der Waals surface area contributed by atoms with E-state index < -0.39 is 0 Å². The second-order valence-electron chi connectivity index (χ2n) is 5.99. The first-order valence-electron chi connectivity index (χ1n) is 7.45. The van der Waals surface area contributed by atoms with Gasteiger partial charge in [0.15, 0.2) is 5.96 Å². The van der Waals surface area contributed by atoms with Crippen LogP contribution in [0.4, 0.5) is 0 Å². The smallest absolute Gasteiger partial charge is 0.191 e. The lowest BCUT2D eigenvalue weighted by atomic mass is 9.89. The van der Waals surface area contributed by atoms with Crippen LogP contribution < -0.4 is 15.4 Å². The first kappa shape index (κ1) is 20.3. The van der Waals surface area contributed by atoms with E-state index in [4.69, 9.17) is 21.1 Å². The number of nitrogens with zero attached hydrogens (tertiary/aromatic N) is 1. The molecule has 1 heterocycles. The van der Waals surface area contributed by atoms with Gasteiger partial charge in [-0.15, -0.1) is 24.0 Å². The summed E-state index contributed by atoms with van der Waals surface area (Å²) in [5.74, 6) is 1.58. The van der Waals surface area contributed by atoms with E-state index in [1.807, 2.05) is 31.2 Å². The number of guanidine groups is 1. The summed E-state index contributed by atoms with van der Waals surface area (Å²) >= 11 is 5.86. The highest BCUT2D eigenvalue weighted by Gasteiger charge is 2.33. The van der Waals surface area contributed by atoms with Crippen LogP contribution in [0.25, 0.3) is 0 Å². The fourth-order valence-corrected chi connectivity index (χ4v) is 2.22. The average Bonchev–Trinajstić information content (AvgIpc) is 2.48. The van der Waals surface area contributed by atoms with Gasteiger partial charge < -0.3 is 20.1 Å². The zero-order valence-electron chi connectivity index (χ0n) is 13.8. The summed E-state index contributed by atoms with van der Waals surface area (Å²) in [5.41, 5.74) is 0.211. The Morgan fingerprint density at radius 1 is 1.35 bits per heavy atom. The predicted octanol–water partition coefficient (Wildman–Crippen LogP) is 2.93. The van der Waals surface area contributed by atoms with Crippen molar-refractivity contribution in [1.82, 2.24) is 10.6 Å². The number of halogens is 2. The summed E-state index contributed by atoms with van der Waals surface area (Å²) in [7, 11) is 1.76. The molecule has 0 bridgehead atoms. The summed E-state index contributed by atoms with van der Waals surface area (Å²) in [4.78, 5) is 4.22. The molecule has 0 aliphatic carbocycles. The molecule has 0 amide bonds. The number of aliphatic imine (C=N–C) groups is 1. The molecule has 0 spiro atoms. The summed E-state index contributed by atoms with van der Waals surface area (Å²) in [6.07, 6.45) is 0.0161. The van der Waals surface area contributed by atoms with E-state index in [-0.39, 0.29) is 35.5 Å². The van der Waals surface area contributed by atoms with Gasteiger partial charge in [0.1, 0.15) is 11.9 Å². The van der Waals surface area contributed by atoms with Crippen LogP contribution >= 0.6 is 35.6 Å². The topological polar surface area (TPSA) is 54.9 Å². The van der Waals surface area contributed by atoms with Gasteiger partial charge in [-0.25, -0.2) is 0 Å². The van der Waals surface area contributed by atoms with Gasteiger partial charge in [0.2, 0.25) is 0 Å². The van der Waals surface area contributed by atoms with Gasteiger partial charge in [-0.05, 0) is 31.2 Å². The molecule has 2 N–H and O–H groups in total. The quantitative estimate of drug-likeness (QED) is 0.395. The third-order valence-corrected chi connectivity index (χ3v) is 3.77. The van der Waals surface area contributed by atoms with E-state index in [0.29, 0.717) is 11.6 Å². The van der Waals surface area contributed by atoms with Crippen molar-refractivity contribution in [3.05, 3.63) is 29.3 Å². The summed E-state index contributed by atoms with van der Waals surface area (Å²) in [5, 5.41) is 7.30. The number of rotatable bonds is 6. The third-order valence-electron chi connectivity index (χ3n) is 3.52. The fraction of sp³-hybridized carbons (Fsp3) is 0.562. The SMILES string of the molecule is CN=C(NCC(C)Oc1ccc(Cl)cc1)NCC1(C)COC1.I. The van der Waals surface area contributed by atoms with E-state index in [1.54, 1.807) is 7.05 Å². The van der Waals surface area contributed by atoms with Gasteiger partial charge in [-0.1, -0.05) is 18.5 Å². The number of benzene rings is 1. The first-order valence-corrected chi connectivity index (χ1v) is 7.83. The highest BCUT2D eigenvalue weighted by Crippen LogP contribution is 2.24. The van der Waals surface area contributed by atoms with Crippen molar-refractivity contribution in [2.75, 3.05) is 33.4 Å². The lowest BCUT2D eigenvalue weighted by Gasteiger charge is -2.38. The molecule has 2 rings (SSSR count). The van der Waals surface area contributed by atoms with Gasteiger partial charge in [0.05, 0.1) is 19.8 Å². The molecule has 1 aliphatic heterocycles. The minimum Gasteiger partial charge on any atom is -0.489 e. The second kappa shape index (κ2) is 9.54. The van der Waals surface area contributed by atoms with Gasteiger partial charge in [-0.2, -0.15) is 0 Å². The van der Waals surface area contributed by atoms with E-state index in [0.717, 1.165) is 31.5 Å². The van der Waals surface area contributed by atoms with Crippen LogP contribution in [0.1, 0.15) is 13.8 Å². The zero-order valence-corrected chi connectivity index (χ0v) is 16.9. The van der Waals surface area contributed by atoms with Crippen LogP contribution in [0.15, 0.2) is 29.3 Å². The van der Waals surface area contributed by atoms with Crippen molar-refractivity contribution in [3.8, 4) is 5.75 Å². The molecule has 23 heavy (non-hydrogen) atoms. The van der Waals surface area contributed by atoms with Gasteiger partial charge in [0, 0.05) is 24.0 Å². The molecule has 1 atom stereocenters. The van der Waals surface area contributed by atoms with Crippen molar-refractivity contribution >= 4 is 41.5 Å². The van der Waals surface area contributed by atoms with E-state index >= 15 is 0 Å². The molecule has 1 aliphatic rings. The standard InChI is InChI=1S/C16H24ClN3O2.HI/c1-12(22-14-6-4-13(17)5-7-14)8-19-15(18-3)20-9-16(2)10-21-11-16;/h4-7,12H,8-11H2,1-3H3,(H2,18,19,20);1H. The first-order chi connectivity index (χ1) is 10.5. The maximum absolute atomic E-state index is 5.86. The van der Waals surface area contributed by atoms with Crippen LogP contribution in [-0.4, -0.2) is 45.4 Å². The Morgan fingerprint density at radius 2 is 2.00 bits per heavy atom. The molecular weight excluding hydrogens is 429 g/mol. The Balaban J connectivity index is 0.00000264. The lowest BCUT2D eigenvalue weighted by Crippen LogP contribution is -2.51. The third kappa shape index (κ3) is 6.73. The molecule has 1 aromatic carbocycles. The van der Waals surface area contributed by atoms with Gasteiger partial charge in [-0.3, -0.25) is 4.99 Å². The Morgan fingerprint density at radius 3 is 2.52 bits per heavy atom. The Bertz CT molecular complexity index is 507. The minimum absolute atomic E-state index is 0. The van der Waals surface area contributed by atoms with Crippen molar-refractivity contribution in [3.63, 3.8) is 0 Å². The highest BCUT2D eigenvalue weighted by molar-refractivity contribution is 14.0. The molecule has 0 saturated carbocycles. The van der Waals surface area contributed by atoms with Crippen molar-refractivity contribution in [1.29, 1.82) is 0 Å². The lowest BCUT2D eigenvalue weighted by molar-refractivity contribution is -0.0971. The van der Waals surface area contributed by atoms with Crippen LogP contribution in [0, 0.1) is 5.41 Å². The average molecular weight is 454 g/mol. The van der Waals surface area contributed by atoms with Gasteiger partial charge in [0.25, 0.3) is 0 Å². The molecule has 1 fully saturated rings. The molecule has 7 heteroatoms. The molecule has 5 nitrogen and oxygen atoms in total. The van der Waals surface area contributed by atoms with Crippen LogP contribution in [0.3, 0.4) is 0 Å². The van der Waals surface area contributed by atoms with E-state index in [2.05, 4.69) is 22.5 Å². The molecular formula is C16H25ClIN3O2. The summed E-state index contributed by atoms with van der Waals surface area (Å²) in [6, 6.07) is 7.37.